The van der Waals surface area contributed by atoms with Crippen LogP contribution in [0.15, 0.2) is 87.2 Å². The number of hydrogen-bond acceptors (Lipinski definition) is 5. The van der Waals surface area contributed by atoms with Crippen molar-refractivity contribution in [2.45, 2.75) is 20.5 Å². The zero-order valence-corrected chi connectivity index (χ0v) is 27.1. The molecule has 1 heterocycles. The minimum atomic E-state index is -0.0842. The smallest absolute Gasteiger partial charge is 0.266 e. The predicted octanol–water partition coefficient (Wildman–Crippen LogP) is 9.46. The molecule has 4 aromatic rings. The minimum absolute atomic E-state index is 0.0842. The van der Waals surface area contributed by atoms with Crippen molar-refractivity contribution in [3.63, 3.8) is 0 Å². The van der Waals surface area contributed by atoms with E-state index in [1.165, 1.54) is 22.5 Å². The van der Waals surface area contributed by atoms with Crippen LogP contribution in [0.1, 0.15) is 25.0 Å². The lowest BCUT2D eigenvalue weighted by molar-refractivity contribution is -0.122. The molecule has 1 aliphatic heterocycles. The molecule has 0 atom stereocenters. The summed E-state index contributed by atoms with van der Waals surface area (Å²) in [4.78, 5) is 20.2. The van der Waals surface area contributed by atoms with Crippen molar-refractivity contribution in [1.82, 2.24) is 4.90 Å². The van der Waals surface area contributed by atoms with E-state index in [2.05, 4.69) is 68.9 Å². The van der Waals surface area contributed by atoms with Crippen molar-refractivity contribution in [3.05, 3.63) is 102 Å². The second kappa shape index (κ2) is 13.0. The summed E-state index contributed by atoms with van der Waals surface area (Å²) in [5.41, 5.74) is 2.62. The van der Waals surface area contributed by atoms with Crippen molar-refractivity contribution < 1.29 is 14.3 Å². The Morgan fingerprint density at radius 1 is 1.02 bits per heavy atom. The van der Waals surface area contributed by atoms with Crippen LogP contribution in [-0.4, -0.2) is 29.1 Å². The first-order valence-electron chi connectivity index (χ1n) is 12.7. The average Bonchev–Trinajstić information content (AvgIpc) is 3.23. The van der Waals surface area contributed by atoms with Gasteiger partial charge in [0.15, 0.2) is 16.7 Å². The molecule has 1 aliphatic rings. The first-order chi connectivity index (χ1) is 19.4. The largest absolute Gasteiger partial charge is 0.490 e. The van der Waals surface area contributed by atoms with E-state index in [9.17, 15) is 4.79 Å². The molecule has 4 aromatic carbocycles. The summed E-state index contributed by atoms with van der Waals surface area (Å²) in [6, 6.07) is 24.0. The predicted molar refractivity (Wildman–Crippen MR) is 178 cm³/mol. The topological polar surface area (TPSA) is 51.1 Å². The highest BCUT2D eigenvalue weighted by molar-refractivity contribution is 14.1. The molecule has 40 heavy (non-hydrogen) atoms. The summed E-state index contributed by atoms with van der Waals surface area (Å²) in [7, 11) is 0. The summed E-state index contributed by atoms with van der Waals surface area (Å²) in [6.45, 7) is 5.30. The van der Waals surface area contributed by atoms with Gasteiger partial charge in [0, 0.05) is 11.0 Å². The Kier molecular flexibility index (Phi) is 9.40. The number of carbonyl (C=O) groups excluding carboxylic acids is 1. The van der Waals surface area contributed by atoms with Gasteiger partial charge < -0.3 is 9.47 Å². The highest BCUT2D eigenvalue weighted by Gasteiger charge is 2.32. The Bertz CT molecular complexity index is 1660. The summed E-state index contributed by atoms with van der Waals surface area (Å²) < 4.78 is 13.9. The van der Waals surface area contributed by atoms with Crippen molar-refractivity contribution in [2.75, 3.05) is 13.2 Å². The SMILES string of the molecule is CCOc1cc(/C=C2/SC(=Nc3ccc(Br)c(Cl)c3)N(CC)C2=O)cc(I)c1OCc1ccc2ccccc2c1. The maximum atomic E-state index is 13.2. The summed E-state index contributed by atoms with van der Waals surface area (Å²) >= 11 is 13.3. The van der Waals surface area contributed by atoms with Crippen LogP contribution in [0.5, 0.6) is 11.5 Å². The number of hydrogen-bond donors (Lipinski definition) is 0. The first-order valence-corrected chi connectivity index (χ1v) is 15.7. The fourth-order valence-electron chi connectivity index (χ4n) is 4.24. The standard InChI is InChI=1S/C31H25BrClIN2O3S/c1-3-36-30(37)28(40-31(36)35-23-11-12-24(32)25(33)17-23)16-20-14-26(34)29(27(15-20)38-4-2)39-18-19-9-10-21-7-5-6-8-22(21)13-19/h5-17H,3-4,18H2,1-2H3/b28-16+,35-31?. The molecular weight excluding hydrogens is 723 g/mol. The molecule has 0 radical (unpaired) electrons. The lowest BCUT2D eigenvalue weighted by Crippen LogP contribution is -2.28. The first kappa shape index (κ1) is 29.0. The fraction of sp³-hybridized carbons (Fsp3) is 0.161. The summed E-state index contributed by atoms with van der Waals surface area (Å²) in [5, 5.41) is 3.56. The number of amides is 1. The number of likely N-dealkylation sites (N-methyl/N-ethyl adjacent to an activating group) is 1. The Morgan fingerprint density at radius 3 is 2.58 bits per heavy atom. The maximum Gasteiger partial charge on any atom is 0.266 e. The second-order valence-corrected chi connectivity index (χ2v) is 12.3. The highest BCUT2D eigenvalue weighted by atomic mass is 127. The molecule has 9 heteroatoms. The van der Waals surface area contributed by atoms with Crippen LogP contribution in [0.2, 0.25) is 5.02 Å². The van der Waals surface area contributed by atoms with Gasteiger partial charge >= 0.3 is 0 Å². The molecule has 1 saturated heterocycles. The number of halogens is 3. The van der Waals surface area contributed by atoms with E-state index in [1.807, 2.05) is 56.3 Å². The number of fused-ring (bicyclic) bond motifs is 1. The van der Waals surface area contributed by atoms with E-state index in [0.29, 0.717) is 52.0 Å². The van der Waals surface area contributed by atoms with Crippen molar-refractivity contribution >= 4 is 95.5 Å². The van der Waals surface area contributed by atoms with E-state index in [-0.39, 0.29) is 5.91 Å². The fourth-order valence-corrected chi connectivity index (χ4v) is 6.51. The number of aliphatic imine (C=N–C) groups is 1. The third-order valence-electron chi connectivity index (χ3n) is 6.16. The molecule has 0 saturated carbocycles. The molecule has 1 amide bonds. The van der Waals surface area contributed by atoms with Crippen LogP contribution in [0, 0.1) is 3.57 Å². The molecule has 0 unspecified atom stereocenters. The van der Waals surface area contributed by atoms with Crippen LogP contribution in [0.4, 0.5) is 5.69 Å². The van der Waals surface area contributed by atoms with Crippen molar-refractivity contribution in [3.8, 4) is 11.5 Å². The van der Waals surface area contributed by atoms with Gasteiger partial charge in [-0.3, -0.25) is 9.69 Å². The van der Waals surface area contributed by atoms with E-state index < -0.39 is 0 Å². The van der Waals surface area contributed by atoms with Crippen LogP contribution in [0.25, 0.3) is 16.8 Å². The molecule has 5 rings (SSSR count). The number of thioether (sulfide) groups is 1. The van der Waals surface area contributed by atoms with Crippen LogP contribution >= 0.6 is 61.9 Å². The number of ether oxygens (including phenoxy) is 2. The van der Waals surface area contributed by atoms with Crippen LogP contribution in [0.3, 0.4) is 0 Å². The van der Waals surface area contributed by atoms with Gasteiger partial charge in [0.05, 0.1) is 25.8 Å². The van der Waals surface area contributed by atoms with Crippen molar-refractivity contribution in [2.24, 2.45) is 4.99 Å². The van der Waals surface area contributed by atoms with E-state index >= 15 is 0 Å². The number of rotatable bonds is 8. The van der Waals surface area contributed by atoms with Gasteiger partial charge in [-0.15, -0.1) is 0 Å². The Labute approximate surface area is 264 Å². The highest BCUT2D eigenvalue weighted by Crippen LogP contribution is 2.39. The Balaban J connectivity index is 1.40. The summed E-state index contributed by atoms with van der Waals surface area (Å²) in [5.74, 6) is 1.25. The van der Waals surface area contributed by atoms with Gasteiger partial charge in [-0.2, -0.15) is 0 Å². The average molecular weight is 748 g/mol. The normalized spacial score (nSPS) is 15.4. The van der Waals surface area contributed by atoms with Crippen LogP contribution < -0.4 is 9.47 Å². The van der Waals surface area contributed by atoms with Gasteiger partial charge in [0.2, 0.25) is 0 Å². The van der Waals surface area contributed by atoms with E-state index in [4.69, 9.17) is 26.1 Å². The van der Waals surface area contributed by atoms with Gasteiger partial charge in [-0.1, -0.05) is 48.0 Å². The quantitative estimate of drug-likeness (QED) is 0.133. The zero-order chi connectivity index (χ0) is 28.2. The number of amidine groups is 1. The van der Waals surface area contributed by atoms with Gasteiger partial charge in [-0.05, 0) is 129 Å². The number of carbonyl (C=O) groups is 1. The molecule has 0 N–H and O–H groups in total. The van der Waals surface area contributed by atoms with Crippen LogP contribution in [-0.2, 0) is 11.4 Å². The maximum absolute atomic E-state index is 13.2. The molecule has 0 bridgehead atoms. The third kappa shape index (κ3) is 6.51. The molecule has 0 spiro atoms. The summed E-state index contributed by atoms with van der Waals surface area (Å²) in [6.07, 6.45) is 1.88. The monoisotopic (exact) mass is 746 g/mol. The lowest BCUT2D eigenvalue weighted by atomic mass is 10.1. The lowest BCUT2D eigenvalue weighted by Gasteiger charge is -2.15. The molecule has 0 aliphatic carbocycles. The van der Waals surface area contributed by atoms with Crippen molar-refractivity contribution in [1.29, 1.82) is 0 Å². The number of nitrogens with zero attached hydrogens (tertiary/aromatic N) is 2. The van der Waals surface area contributed by atoms with E-state index in [0.717, 1.165) is 19.2 Å². The molecule has 0 aromatic heterocycles. The number of benzene rings is 4. The van der Waals surface area contributed by atoms with E-state index in [1.54, 1.807) is 11.0 Å². The molecule has 5 nitrogen and oxygen atoms in total. The molecule has 1 fully saturated rings. The Morgan fingerprint density at radius 2 is 1.82 bits per heavy atom. The van der Waals surface area contributed by atoms with Gasteiger partial charge in [0.25, 0.3) is 5.91 Å². The second-order valence-electron chi connectivity index (χ2n) is 8.89. The zero-order valence-electron chi connectivity index (χ0n) is 21.8. The third-order valence-corrected chi connectivity index (χ3v) is 9.20. The Hall–Kier alpha value is -2.53. The molecular formula is C31H25BrClIN2O3S. The van der Waals surface area contributed by atoms with Gasteiger partial charge in [-0.25, -0.2) is 4.99 Å². The van der Waals surface area contributed by atoms with Gasteiger partial charge in [0.1, 0.15) is 6.61 Å². The molecule has 204 valence electrons. The minimum Gasteiger partial charge on any atom is -0.490 e.